The number of piperidine rings is 2. The van der Waals surface area contributed by atoms with Crippen molar-refractivity contribution in [2.45, 2.75) is 117 Å². The van der Waals surface area contributed by atoms with Gasteiger partial charge in [-0.15, -0.1) is 0 Å². The van der Waals surface area contributed by atoms with E-state index in [1.54, 1.807) is 0 Å². The molecule has 2 aliphatic heterocycles. The molecular formula is C30H47FN2O4. The van der Waals surface area contributed by atoms with Crippen molar-refractivity contribution in [3.8, 4) is 0 Å². The topological polar surface area (TPSA) is 76.7 Å². The summed E-state index contributed by atoms with van der Waals surface area (Å²) in [7, 11) is 0. The van der Waals surface area contributed by atoms with Gasteiger partial charge in [0, 0.05) is 49.9 Å². The van der Waals surface area contributed by atoms with Crippen LogP contribution in [-0.4, -0.2) is 48.3 Å². The standard InChI is InChI=1S/C30H47FN2O4/c1-16(2)25-12-21(13-26(32-25)17(3)4)36-29(34)20-9-10-23(24(31)11-20)30(35)37-22-14-27(18(5)6)33-28(15-22)19(7)8/h9-11,16-19,21-22,25-28,32-33H,12-15H2,1-8H3. The third-order valence-corrected chi connectivity index (χ3v) is 8.11. The molecular weight excluding hydrogens is 471 g/mol. The van der Waals surface area contributed by atoms with Crippen LogP contribution in [0.5, 0.6) is 0 Å². The molecule has 2 heterocycles. The van der Waals surface area contributed by atoms with Crippen LogP contribution in [0.2, 0.25) is 0 Å². The van der Waals surface area contributed by atoms with Gasteiger partial charge in [-0.2, -0.15) is 0 Å². The average Bonchev–Trinajstić information content (AvgIpc) is 2.83. The Hall–Kier alpha value is -1.99. The van der Waals surface area contributed by atoms with Crippen molar-refractivity contribution in [2.24, 2.45) is 23.7 Å². The summed E-state index contributed by atoms with van der Waals surface area (Å²) in [6.45, 7) is 17.2. The maximum Gasteiger partial charge on any atom is 0.341 e. The van der Waals surface area contributed by atoms with Gasteiger partial charge in [-0.25, -0.2) is 14.0 Å². The molecule has 6 nitrogen and oxygen atoms in total. The summed E-state index contributed by atoms with van der Waals surface area (Å²) in [6, 6.07) is 4.88. The maximum atomic E-state index is 15.0. The van der Waals surface area contributed by atoms with Gasteiger partial charge in [0.05, 0.1) is 11.1 Å². The fourth-order valence-electron chi connectivity index (χ4n) is 5.44. The molecule has 3 rings (SSSR count). The zero-order valence-corrected chi connectivity index (χ0v) is 23.8. The van der Waals surface area contributed by atoms with E-state index in [-0.39, 0.29) is 47.5 Å². The summed E-state index contributed by atoms with van der Waals surface area (Å²) in [6.07, 6.45) is 2.34. The Morgan fingerprint density at radius 1 is 0.703 bits per heavy atom. The largest absolute Gasteiger partial charge is 0.459 e. The number of esters is 2. The molecule has 4 unspecified atom stereocenters. The number of hydrogen-bond acceptors (Lipinski definition) is 6. The van der Waals surface area contributed by atoms with E-state index in [9.17, 15) is 9.59 Å². The zero-order chi connectivity index (χ0) is 27.4. The normalized spacial score (nSPS) is 28.7. The molecule has 2 N–H and O–H groups in total. The molecule has 0 amide bonds. The zero-order valence-electron chi connectivity index (χ0n) is 23.8. The molecule has 2 saturated heterocycles. The highest BCUT2D eigenvalue weighted by molar-refractivity contribution is 5.93. The van der Waals surface area contributed by atoms with E-state index in [2.05, 4.69) is 66.0 Å². The predicted molar refractivity (Wildman–Crippen MR) is 144 cm³/mol. The van der Waals surface area contributed by atoms with Gasteiger partial charge in [0.25, 0.3) is 0 Å². The lowest BCUT2D eigenvalue weighted by atomic mass is 9.85. The third-order valence-electron chi connectivity index (χ3n) is 8.11. The summed E-state index contributed by atoms with van der Waals surface area (Å²) < 4.78 is 26.6. The van der Waals surface area contributed by atoms with Crippen molar-refractivity contribution in [3.05, 3.63) is 35.1 Å². The van der Waals surface area contributed by atoms with Crippen LogP contribution >= 0.6 is 0 Å². The van der Waals surface area contributed by atoms with Crippen LogP contribution in [0.25, 0.3) is 0 Å². The number of benzene rings is 1. The van der Waals surface area contributed by atoms with Crippen molar-refractivity contribution < 1.29 is 23.5 Å². The molecule has 0 bridgehead atoms. The van der Waals surface area contributed by atoms with Crippen LogP contribution in [0.4, 0.5) is 4.39 Å². The lowest BCUT2D eigenvalue weighted by Crippen LogP contribution is -2.52. The van der Waals surface area contributed by atoms with E-state index in [1.165, 1.54) is 12.1 Å². The van der Waals surface area contributed by atoms with Crippen LogP contribution in [0.1, 0.15) is 102 Å². The Labute approximate surface area is 222 Å². The van der Waals surface area contributed by atoms with Crippen LogP contribution in [0.15, 0.2) is 18.2 Å². The first-order chi connectivity index (χ1) is 17.3. The van der Waals surface area contributed by atoms with E-state index in [4.69, 9.17) is 9.47 Å². The highest BCUT2D eigenvalue weighted by atomic mass is 19.1. The number of rotatable bonds is 8. The molecule has 0 aliphatic carbocycles. The number of carbonyl (C=O) groups excluding carboxylic acids is 2. The molecule has 2 aliphatic rings. The van der Waals surface area contributed by atoms with Gasteiger partial charge in [-0.3, -0.25) is 0 Å². The first-order valence-electron chi connectivity index (χ1n) is 14.1. The summed E-state index contributed by atoms with van der Waals surface area (Å²) in [5.74, 6) is -0.387. The lowest BCUT2D eigenvalue weighted by Gasteiger charge is -2.39. The van der Waals surface area contributed by atoms with E-state index >= 15 is 4.39 Å². The minimum absolute atomic E-state index is 0.108. The highest BCUT2D eigenvalue weighted by Gasteiger charge is 2.35. The van der Waals surface area contributed by atoms with E-state index in [0.29, 0.717) is 36.5 Å². The van der Waals surface area contributed by atoms with Crippen LogP contribution in [-0.2, 0) is 9.47 Å². The lowest BCUT2D eigenvalue weighted by molar-refractivity contribution is 0.00436. The highest BCUT2D eigenvalue weighted by Crippen LogP contribution is 2.28. The van der Waals surface area contributed by atoms with Gasteiger partial charge < -0.3 is 20.1 Å². The first kappa shape index (κ1) is 29.6. The Kier molecular flexibility index (Phi) is 10.2. The number of carbonyl (C=O) groups is 2. The molecule has 2 fully saturated rings. The predicted octanol–water partition coefficient (Wildman–Crippen LogP) is 5.74. The van der Waals surface area contributed by atoms with Crippen LogP contribution in [0.3, 0.4) is 0 Å². The molecule has 4 atom stereocenters. The van der Waals surface area contributed by atoms with Gasteiger partial charge in [0.2, 0.25) is 0 Å². The summed E-state index contributed by atoms with van der Waals surface area (Å²) in [5.41, 5.74) is -0.0460. The van der Waals surface area contributed by atoms with Crippen molar-refractivity contribution in [1.29, 1.82) is 0 Å². The Balaban J connectivity index is 1.65. The number of hydrogen-bond donors (Lipinski definition) is 2. The quantitative estimate of drug-likeness (QED) is 0.427. The van der Waals surface area contributed by atoms with Crippen molar-refractivity contribution in [2.75, 3.05) is 0 Å². The molecule has 0 saturated carbocycles. The Morgan fingerprint density at radius 2 is 1.08 bits per heavy atom. The summed E-state index contributed by atoms with van der Waals surface area (Å²) in [5, 5.41) is 7.33. The second-order valence-electron chi connectivity index (χ2n) is 12.4. The van der Waals surface area contributed by atoms with Gasteiger partial charge in [0.15, 0.2) is 0 Å². The third kappa shape index (κ3) is 7.76. The second-order valence-corrected chi connectivity index (χ2v) is 12.4. The fraction of sp³-hybridized carbons (Fsp3) is 0.733. The number of halogens is 1. The second kappa shape index (κ2) is 12.7. The van der Waals surface area contributed by atoms with Crippen LogP contribution < -0.4 is 10.6 Å². The smallest absolute Gasteiger partial charge is 0.341 e. The van der Waals surface area contributed by atoms with Gasteiger partial charge >= 0.3 is 11.9 Å². The minimum Gasteiger partial charge on any atom is -0.459 e. The SMILES string of the molecule is CC(C)C1CC(OC(=O)c2ccc(C(=O)OC3CC(C(C)C)NC(C(C)C)C3)c(F)c2)CC(C(C)C)N1. The average molecular weight is 519 g/mol. The van der Waals surface area contributed by atoms with E-state index in [1.807, 2.05) is 0 Å². The molecule has 1 aromatic carbocycles. The monoisotopic (exact) mass is 518 g/mol. The number of nitrogens with one attached hydrogen (secondary N) is 2. The summed E-state index contributed by atoms with van der Waals surface area (Å²) in [4.78, 5) is 25.8. The molecule has 1 aromatic rings. The Morgan fingerprint density at radius 3 is 1.43 bits per heavy atom. The molecule has 0 aromatic heterocycles. The molecule has 0 radical (unpaired) electrons. The first-order valence-corrected chi connectivity index (χ1v) is 14.1. The number of ether oxygens (including phenoxy) is 2. The summed E-state index contributed by atoms with van der Waals surface area (Å²) >= 11 is 0. The molecule has 37 heavy (non-hydrogen) atoms. The molecule has 208 valence electrons. The minimum atomic E-state index is -0.764. The van der Waals surface area contributed by atoms with Gasteiger partial charge in [0.1, 0.15) is 18.0 Å². The Bertz CT molecular complexity index is 900. The van der Waals surface area contributed by atoms with Crippen molar-refractivity contribution >= 4 is 11.9 Å². The van der Waals surface area contributed by atoms with Crippen molar-refractivity contribution in [1.82, 2.24) is 10.6 Å². The van der Waals surface area contributed by atoms with E-state index in [0.717, 1.165) is 18.9 Å². The fourth-order valence-corrected chi connectivity index (χ4v) is 5.44. The van der Waals surface area contributed by atoms with Crippen LogP contribution in [0, 0.1) is 29.5 Å². The maximum absolute atomic E-state index is 15.0. The van der Waals surface area contributed by atoms with Crippen molar-refractivity contribution in [3.63, 3.8) is 0 Å². The van der Waals surface area contributed by atoms with E-state index < -0.39 is 17.8 Å². The van der Waals surface area contributed by atoms with Gasteiger partial charge in [-0.1, -0.05) is 55.4 Å². The molecule has 0 spiro atoms. The molecule has 7 heteroatoms. The van der Waals surface area contributed by atoms with Gasteiger partial charge in [-0.05, 0) is 41.9 Å².